The first-order valence-electron chi connectivity index (χ1n) is 0.781. The molecule has 0 bridgehead atoms. The van der Waals surface area contributed by atoms with Crippen LogP contribution in [-0.4, -0.2) is 9.67 Å². The fraction of sp³-hybridized carbons (Fsp3) is 0. The molecule has 3 nitrogen and oxygen atoms in total. The SMILES string of the molecule is N.O=[C](O)[Zn]. The molecule has 0 spiro atoms. The maximum absolute atomic E-state index is 9.06. The molecule has 0 aliphatic heterocycles. The zero-order chi connectivity index (χ0) is 3.58. The molecule has 0 aliphatic rings. The van der Waals surface area contributed by atoms with Crippen LogP contribution in [0.3, 0.4) is 0 Å². The average Bonchev–Trinajstić information content (AvgIpc) is 0.811. The van der Waals surface area contributed by atoms with Crippen molar-refractivity contribution in [2.24, 2.45) is 0 Å². The second-order valence-corrected chi connectivity index (χ2v) is 1.66. The molecule has 4 heteroatoms. The molecule has 5 heavy (non-hydrogen) atoms. The molecule has 0 radical (unpaired) electrons. The number of carboxylic acid groups (broad SMARTS) is 1. The van der Waals surface area contributed by atoms with Crippen molar-refractivity contribution in [3.05, 3.63) is 0 Å². The summed E-state index contributed by atoms with van der Waals surface area (Å²) in [5, 5.41) is 7.47. The van der Waals surface area contributed by atoms with Crippen molar-refractivity contribution in [1.29, 1.82) is 0 Å². The number of carbonyl (C=O) groups is 1. The van der Waals surface area contributed by atoms with Crippen LogP contribution < -0.4 is 6.15 Å². The molecule has 0 heterocycles. The number of hydrogen-bond donors (Lipinski definition) is 2. The van der Waals surface area contributed by atoms with E-state index in [0.29, 0.717) is 18.3 Å². The Morgan fingerprint density at radius 2 is 1.80 bits per heavy atom. The van der Waals surface area contributed by atoms with Crippen molar-refractivity contribution in [2.45, 2.75) is 0 Å². The van der Waals surface area contributed by atoms with Crippen LogP contribution in [0.25, 0.3) is 0 Å². The fourth-order valence-electron chi connectivity index (χ4n) is 0. The van der Waals surface area contributed by atoms with Gasteiger partial charge in [0.05, 0.1) is 0 Å². The topological polar surface area (TPSA) is 72.3 Å². The Morgan fingerprint density at radius 1 is 1.80 bits per heavy atom. The van der Waals surface area contributed by atoms with Gasteiger partial charge in [0.25, 0.3) is 0 Å². The van der Waals surface area contributed by atoms with Crippen molar-refractivity contribution in [3.63, 3.8) is 0 Å². The van der Waals surface area contributed by atoms with Gasteiger partial charge in [0, 0.05) is 0 Å². The van der Waals surface area contributed by atoms with Gasteiger partial charge in [0.2, 0.25) is 0 Å². The van der Waals surface area contributed by atoms with E-state index in [1.165, 1.54) is 0 Å². The standard InChI is InChI=1S/CHO2.H3N.Zn/c2-1-3;;/h(H,2,3);1H3;. The quantitative estimate of drug-likeness (QED) is 0.462. The second kappa shape index (κ2) is 4.05. The van der Waals surface area contributed by atoms with Crippen molar-refractivity contribution in [2.75, 3.05) is 0 Å². The Balaban J connectivity index is 0. The van der Waals surface area contributed by atoms with Gasteiger partial charge in [0.15, 0.2) is 0 Å². The Hall–Kier alpha value is 0.0534. The summed E-state index contributed by atoms with van der Waals surface area (Å²) in [5.41, 5.74) is 0. The minimum atomic E-state index is -0.708. The fourth-order valence-corrected chi connectivity index (χ4v) is 0. The van der Waals surface area contributed by atoms with Gasteiger partial charge in [0.1, 0.15) is 0 Å². The first-order chi connectivity index (χ1) is 1.73. The van der Waals surface area contributed by atoms with E-state index in [0.717, 1.165) is 0 Å². The molecular formula is CH4NO2Zn. The van der Waals surface area contributed by atoms with Crippen LogP contribution in [0.15, 0.2) is 0 Å². The third-order valence-electron chi connectivity index (χ3n) is 0. The van der Waals surface area contributed by atoms with E-state index in [-0.39, 0.29) is 6.15 Å². The van der Waals surface area contributed by atoms with E-state index in [9.17, 15) is 0 Å². The Bertz CT molecular complexity index is 32.6. The number of rotatable bonds is 0. The molecule has 4 N–H and O–H groups in total. The van der Waals surface area contributed by atoms with Crippen LogP contribution in [0.4, 0.5) is 4.79 Å². The van der Waals surface area contributed by atoms with Crippen LogP contribution in [-0.2, 0) is 18.3 Å². The molecule has 0 aromatic carbocycles. The monoisotopic (exact) mass is 126 g/mol. The van der Waals surface area contributed by atoms with E-state index in [1.807, 2.05) is 0 Å². The van der Waals surface area contributed by atoms with E-state index in [2.05, 4.69) is 0 Å². The molecule has 27 valence electrons. The van der Waals surface area contributed by atoms with Gasteiger partial charge >= 0.3 is 32.8 Å². The van der Waals surface area contributed by atoms with E-state index >= 15 is 0 Å². The van der Waals surface area contributed by atoms with Crippen LogP contribution in [0.2, 0.25) is 0 Å². The number of hydrogen-bond acceptors (Lipinski definition) is 2. The van der Waals surface area contributed by atoms with Gasteiger partial charge in [-0.2, -0.15) is 0 Å². The first-order valence-corrected chi connectivity index (χ1v) is 2.26. The Morgan fingerprint density at radius 3 is 1.80 bits per heavy atom. The van der Waals surface area contributed by atoms with Gasteiger partial charge in [-0.1, -0.05) is 0 Å². The molecule has 0 atom stereocenters. The first kappa shape index (κ1) is 8.91. The molecule has 0 saturated heterocycles. The molecule has 0 amide bonds. The van der Waals surface area contributed by atoms with Gasteiger partial charge in [-0.15, -0.1) is 0 Å². The van der Waals surface area contributed by atoms with Gasteiger partial charge < -0.3 is 6.15 Å². The Labute approximate surface area is 39.6 Å². The van der Waals surface area contributed by atoms with Crippen LogP contribution in [0, 0.1) is 0 Å². The summed E-state index contributed by atoms with van der Waals surface area (Å²) < 4.78 is -0.708. The molecule has 0 rings (SSSR count). The third-order valence-corrected chi connectivity index (χ3v) is 0. The van der Waals surface area contributed by atoms with Crippen molar-refractivity contribution in [3.8, 4) is 0 Å². The van der Waals surface area contributed by atoms with Gasteiger partial charge in [-0.05, 0) is 0 Å². The summed E-state index contributed by atoms with van der Waals surface area (Å²) in [7, 11) is 0. The molecular weight excluding hydrogens is 123 g/mol. The third kappa shape index (κ3) is 6000. The predicted molar refractivity (Wildman–Crippen MR) is 13.0 cm³/mol. The molecule has 0 aliphatic carbocycles. The summed E-state index contributed by atoms with van der Waals surface area (Å²) in [4.78, 5) is 9.06. The van der Waals surface area contributed by atoms with E-state index in [1.54, 1.807) is 0 Å². The summed E-state index contributed by atoms with van der Waals surface area (Å²) in [5.74, 6) is 0. The van der Waals surface area contributed by atoms with Crippen LogP contribution in [0.1, 0.15) is 0 Å². The molecule has 0 aromatic rings. The van der Waals surface area contributed by atoms with Gasteiger partial charge in [-0.25, -0.2) is 0 Å². The van der Waals surface area contributed by atoms with E-state index in [4.69, 9.17) is 9.90 Å². The summed E-state index contributed by atoms with van der Waals surface area (Å²) in [6.45, 7) is 0. The molecule has 0 unspecified atom stereocenters. The minimum absolute atomic E-state index is 0. The average molecular weight is 127 g/mol. The summed E-state index contributed by atoms with van der Waals surface area (Å²) in [6.07, 6.45) is 0. The second-order valence-electron chi connectivity index (χ2n) is 0.394. The molecule has 0 saturated carbocycles. The van der Waals surface area contributed by atoms with E-state index < -0.39 is 4.56 Å². The normalized spacial score (nSPS) is 5.20. The molecule has 0 aromatic heterocycles. The van der Waals surface area contributed by atoms with Crippen molar-refractivity contribution >= 4 is 4.56 Å². The van der Waals surface area contributed by atoms with Gasteiger partial charge in [-0.3, -0.25) is 0 Å². The molecule has 0 fully saturated rings. The predicted octanol–water partition coefficient (Wildman–Crippen LogP) is 0.373. The summed E-state index contributed by atoms with van der Waals surface area (Å²) >= 11 is 0.347. The van der Waals surface area contributed by atoms with Crippen molar-refractivity contribution in [1.82, 2.24) is 6.15 Å². The van der Waals surface area contributed by atoms with Crippen LogP contribution >= 0.6 is 0 Å². The zero-order valence-corrected chi connectivity index (χ0v) is 5.74. The summed E-state index contributed by atoms with van der Waals surface area (Å²) in [6, 6.07) is 0. The maximum atomic E-state index is 9.06. The Kier molecular flexibility index (Phi) is 7.22. The van der Waals surface area contributed by atoms with Crippen LogP contribution in [0.5, 0.6) is 0 Å². The zero-order valence-electron chi connectivity index (χ0n) is 2.77. The van der Waals surface area contributed by atoms with Crippen molar-refractivity contribution < 1.29 is 28.2 Å².